The first-order chi connectivity index (χ1) is 7.20. The highest BCUT2D eigenvalue weighted by molar-refractivity contribution is 9.09. The molecule has 1 aliphatic heterocycles. The molecule has 0 aliphatic carbocycles. The summed E-state index contributed by atoms with van der Waals surface area (Å²) in [5, 5.41) is 0. The fourth-order valence-electron chi connectivity index (χ4n) is 1.63. The van der Waals surface area contributed by atoms with Gasteiger partial charge in [-0.1, -0.05) is 22.9 Å². The van der Waals surface area contributed by atoms with Crippen molar-refractivity contribution in [2.75, 3.05) is 13.9 Å². The van der Waals surface area contributed by atoms with Crippen molar-refractivity contribution in [2.24, 2.45) is 0 Å². The Hall–Kier alpha value is -0.900. The zero-order valence-corrected chi connectivity index (χ0v) is 10.3. The molecule has 0 saturated carbocycles. The van der Waals surface area contributed by atoms with Gasteiger partial charge in [0.05, 0.1) is 7.11 Å². The minimum Gasteiger partial charge on any atom is -0.493 e. The lowest BCUT2D eigenvalue weighted by molar-refractivity contribution is 0.171. The third kappa shape index (κ3) is 2.20. The maximum absolute atomic E-state index is 5.35. The number of benzene rings is 1. The molecule has 0 radical (unpaired) electrons. The van der Waals surface area contributed by atoms with E-state index < -0.39 is 0 Å². The zero-order valence-electron chi connectivity index (χ0n) is 8.75. The van der Waals surface area contributed by atoms with Crippen LogP contribution in [0.15, 0.2) is 12.1 Å². The molecule has 3 nitrogen and oxygen atoms in total. The van der Waals surface area contributed by atoms with Crippen molar-refractivity contribution < 1.29 is 14.2 Å². The van der Waals surface area contributed by atoms with Crippen LogP contribution < -0.4 is 14.2 Å². The minimum absolute atomic E-state index is 0.277. The van der Waals surface area contributed by atoms with Crippen molar-refractivity contribution in [1.29, 1.82) is 0 Å². The SMILES string of the molecule is COc1cc(CC(C)Br)cc2c1OCO2. The van der Waals surface area contributed by atoms with E-state index in [1.807, 2.05) is 12.1 Å². The number of fused-ring (bicyclic) bond motifs is 1. The van der Waals surface area contributed by atoms with Gasteiger partial charge < -0.3 is 14.2 Å². The number of halogens is 1. The van der Waals surface area contributed by atoms with Crippen molar-refractivity contribution in [3.63, 3.8) is 0 Å². The fraction of sp³-hybridized carbons (Fsp3) is 0.455. The summed E-state index contributed by atoms with van der Waals surface area (Å²) in [6.45, 7) is 2.38. The molecule has 0 N–H and O–H groups in total. The normalized spacial score (nSPS) is 15.1. The summed E-state index contributed by atoms with van der Waals surface area (Å²) in [6.07, 6.45) is 0.938. The largest absolute Gasteiger partial charge is 0.493 e. The number of alkyl halides is 1. The molecule has 1 unspecified atom stereocenters. The maximum atomic E-state index is 5.35. The quantitative estimate of drug-likeness (QED) is 0.792. The zero-order chi connectivity index (χ0) is 10.8. The molecular weight excluding hydrogens is 260 g/mol. The third-order valence-corrected chi connectivity index (χ3v) is 2.56. The van der Waals surface area contributed by atoms with Crippen molar-refractivity contribution >= 4 is 15.9 Å². The van der Waals surface area contributed by atoms with E-state index in [-0.39, 0.29) is 6.79 Å². The Morgan fingerprint density at radius 2 is 2.27 bits per heavy atom. The number of hydrogen-bond acceptors (Lipinski definition) is 3. The van der Waals surface area contributed by atoms with Gasteiger partial charge in [-0.05, 0) is 24.1 Å². The van der Waals surface area contributed by atoms with Crippen LogP contribution in [-0.4, -0.2) is 18.7 Å². The van der Waals surface area contributed by atoms with Gasteiger partial charge in [0.2, 0.25) is 12.5 Å². The van der Waals surface area contributed by atoms with Crippen molar-refractivity contribution in [3.05, 3.63) is 17.7 Å². The molecule has 1 heterocycles. The van der Waals surface area contributed by atoms with Crippen LogP contribution in [0.3, 0.4) is 0 Å². The van der Waals surface area contributed by atoms with Gasteiger partial charge in [-0.25, -0.2) is 0 Å². The van der Waals surface area contributed by atoms with Gasteiger partial charge in [-0.2, -0.15) is 0 Å². The van der Waals surface area contributed by atoms with Crippen LogP contribution in [0.5, 0.6) is 17.2 Å². The summed E-state index contributed by atoms with van der Waals surface area (Å²) >= 11 is 3.53. The second-order valence-electron chi connectivity index (χ2n) is 3.52. The average molecular weight is 273 g/mol. The molecule has 1 aromatic rings. The summed E-state index contributed by atoms with van der Waals surface area (Å²) in [6, 6.07) is 3.99. The van der Waals surface area contributed by atoms with E-state index in [4.69, 9.17) is 14.2 Å². The predicted octanol–water partition coefficient (Wildman–Crippen LogP) is 2.75. The van der Waals surface area contributed by atoms with Crippen LogP contribution in [-0.2, 0) is 6.42 Å². The van der Waals surface area contributed by atoms with Gasteiger partial charge >= 0.3 is 0 Å². The molecule has 1 atom stereocenters. The Labute approximate surface area is 97.5 Å². The lowest BCUT2D eigenvalue weighted by Gasteiger charge is -2.09. The van der Waals surface area contributed by atoms with Gasteiger partial charge in [0, 0.05) is 4.83 Å². The van der Waals surface area contributed by atoms with Crippen molar-refractivity contribution in [2.45, 2.75) is 18.2 Å². The number of ether oxygens (including phenoxy) is 3. The first kappa shape index (κ1) is 10.6. The molecule has 0 amide bonds. The van der Waals surface area contributed by atoms with Crippen LogP contribution in [0.2, 0.25) is 0 Å². The summed E-state index contributed by atoms with van der Waals surface area (Å²) in [7, 11) is 1.64. The Balaban J connectivity index is 2.34. The van der Waals surface area contributed by atoms with E-state index in [0.29, 0.717) is 10.6 Å². The van der Waals surface area contributed by atoms with Gasteiger partial charge in [0.1, 0.15) is 0 Å². The van der Waals surface area contributed by atoms with Gasteiger partial charge in [0.25, 0.3) is 0 Å². The van der Waals surface area contributed by atoms with E-state index in [0.717, 1.165) is 17.9 Å². The number of rotatable bonds is 3. The van der Waals surface area contributed by atoms with Crippen LogP contribution >= 0.6 is 15.9 Å². The highest BCUT2D eigenvalue weighted by Crippen LogP contribution is 2.42. The Morgan fingerprint density at radius 1 is 1.47 bits per heavy atom. The van der Waals surface area contributed by atoms with Crippen molar-refractivity contribution in [1.82, 2.24) is 0 Å². The van der Waals surface area contributed by atoms with Crippen molar-refractivity contribution in [3.8, 4) is 17.2 Å². The molecule has 0 saturated heterocycles. The fourth-order valence-corrected chi connectivity index (χ4v) is 2.00. The summed E-state index contributed by atoms with van der Waals surface area (Å²) < 4.78 is 15.9. The Morgan fingerprint density at radius 3 is 2.93 bits per heavy atom. The molecule has 15 heavy (non-hydrogen) atoms. The standard InChI is InChI=1S/C11H13BrO3/c1-7(12)3-8-4-9(13-2)11-10(5-8)14-6-15-11/h4-5,7H,3,6H2,1-2H3. The Bertz CT molecular complexity index is 363. The van der Waals surface area contributed by atoms with E-state index in [2.05, 4.69) is 22.9 Å². The molecule has 0 fully saturated rings. The van der Waals surface area contributed by atoms with E-state index in [1.54, 1.807) is 7.11 Å². The van der Waals surface area contributed by atoms with Crippen LogP contribution in [0.1, 0.15) is 12.5 Å². The molecule has 0 aromatic heterocycles. The monoisotopic (exact) mass is 272 g/mol. The van der Waals surface area contributed by atoms with Gasteiger partial charge in [-0.3, -0.25) is 0 Å². The Kier molecular flexibility index (Phi) is 3.05. The molecular formula is C11H13BrO3. The molecule has 0 bridgehead atoms. The van der Waals surface area contributed by atoms with Crippen LogP contribution in [0.25, 0.3) is 0 Å². The highest BCUT2D eigenvalue weighted by atomic mass is 79.9. The molecule has 0 spiro atoms. The first-order valence-electron chi connectivity index (χ1n) is 4.81. The second-order valence-corrected chi connectivity index (χ2v) is 5.08. The highest BCUT2D eigenvalue weighted by Gasteiger charge is 2.20. The topological polar surface area (TPSA) is 27.7 Å². The number of hydrogen-bond donors (Lipinski definition) is 0. The van der Waals surface area contributed by atoms with E-state index in [1.165, 1.54) is 5.56 Å². The second kappa shape index (κ2) is 4.31. The minimum atomic E-state index is 0.277. The lowest BCUT2D eigenvalue weighted by Crippen LogP contribution is -1.97. The van der Waals surface area contributed by atoms with Crippen LogP contribution in [0.4, 0.5) is 0 Å². The van der Waals surface area contributed by atoms with Gasteiger partial charge in [0.15, 0.2) is 11.5 Å². The molecule has 2 rings (SSSR count). The lowest BCUT2D eigenvalue weighted by atomic mass is 10.1. The molecule has 1 aliphatic rings. The third-order valence-electron chi connectivity index (χ3n) is 2.24. The molecule has 4 heteroatoms. The van der Waals surface area contributed by atoms with E-state index in [9.17, 15) is 0 Å². The first-order valence-corrected chi connectivity index (χ1v) is 5.73. The smallest absolute Gasteiger partial charge is 0.231 e. The maximum Gasteiger partial charge on any atom is 0.231 e. The number of methoxy groups -OCH3 is 1. The average Bonchev–Trinajstić information content (AvgIpc) is 2.63. The summed E-state index contributed by atoms with van der Waals surface area (Å²) in [5.74, 6) is 2.23. The van der Waals surface area contributed by atoms with Gasteiger partial charge in [-0.15, -0.1) is 0 Å². The summed E-state index contributed by atoms with van der Waals surface area (Å²) in [4.78, 5) is 0.433. The van der Waals surface area contributed by atoms with E-state index >= 15 is 0 Å². The summed E-state index contributed by atoms with van der Waals surface area (Å²) in [5.41, 5.74) is 1.18. The molecule has 1 aromatic carbocycles. The van der Waals surface area contributed by atoms with Crippen LogP contribution in [0, 0.1) is 0 Å². The molecule has 82 valence electrons. The predicted molar refractivity (Wildman–Crippen MR) is 61.2 cm³/mol.